The Hall–Kier alpha value is -0.570. The van der Waals surface area contributed by atoms with Gasteiger partial charge in [-0.25, -0.2) is 0 Å². The Morgan fingerprint density at radius 1 is 1.62 bits per heavy atom. The van der Waals surface area contributed by atoms with E-state index in [2.05, 4.69) is 12.2 Å². The van der Waals surface area contributed by atoms with E-state index in [0.717, 1.165) is 19.5 Å². The minimum Gasteiger partial charge on any atom is -0.344 e. The van der Waals surface area contributed by atoms with Crippen molar-refractivity contribution < 1.29 is 4.79 Å². The molecule has 1 atom stereocenters. The highest BCUT2D eigenvalue weighted by Gasteiger charge is 2.38. The number of carbonyl (C=O) groups is 1. The summed E-state index contributed by atoms with van der Waals surface area (Å²) >= 11 is 0. The number of carbonyl (C=O) groups excluding carboxylic acids is 1. The summed E-state index contributed by atoms with van der Waals surface area (Å²) in [6.07, 6.45) is 3.61. The Balaban J connectivity index is 1.79. The number of rotatable bonds is 3. The highest BCUT2D eigenvalue weighted by molar-refractivity contribution is 5.83. The molecule has 2 rings (SSSR count). The van der Waals surface area contributed by atoms with Crippen LogP contribution in [0.5, 0.6) is 0 Å². The first-order valence-electron chi connectivity index (χ1n) is 5.09. The molecular formula is C10H18N2O. The molecule has 2 fully saturated rings. The lowest BCUT2D eigenvalue weighted by Gasteiger charge is -2.15. The zero-order chi connectivity index (χ0) is 9.47. The lowest BCUT2D eigenvalue weighted by Crippen LogP contribution is -2.39. The van der Waals surface area contributed by atoms with Gasteiger partial charge in [-0.3, -0.25) is 4.79 Å². The highest BCUT2D eigenvalue weighted by atomic mass is 16.2. The fourth-order valence-corrected chi connectivity index (χ4v) is 1.77. The van der Waals surface area contributed by atoms with E-state index >= 15 is 0 Å². The number of amides is 1. The average molecular weight is 182 g/mol. The van der Waals surface area contributed by atoms with Crippen LogP contribution in [-0.2, 0) is 4.79 Å². The van der Waals surface area contributed by atoms with Gasteiger partial charge in [0.15, 0.2) is 0 Å². The highest BCUT2D eigenvalue weighted by Crippen LogP contribution is 2.44. The first-order chi connectivity index (χ1) is 6.11. The monoisotopic (exact) mass is 182 g/mol. The van der Waals surface area contributed by atoms with Gasteiger partial charge in [-0.05, 0) is 24.7 Å². The number of likely N-dealkylation sites (tertiary alicyclic amines) is 1. The molecule has 0 aromatic carbocycles. The predicted molar refractivity (Wildman–Crippen MR) is 51.4 cm³/mol. The van der Waals surface area contributed by atoms with Gasteiger partial charge in [-0.15, -0.1) is 0 Å². The molecule has 1 unspecified atom stereocenters. The fraction of sp³-hybridized carbons (Fsp3) is 0.900. The van der Waals surface area contributed by atoms with E-state index in [1.807, 2.05) is 11.9 Å². The molecule has 2 aliphatic rings. The zero-order valence-electron chi connectivity index (χ0n) is 8.47. The first kappa shape index (κ1) is 9.00. The van der Waals surface area contributed by atoms with Crippen molar-refractivity contribution in [1.29, 1.82) is 0 Å². The van der Waals surface area contributed by atoms with E-state index in [0.29, 0.717) is 5.41 Å². The van der Waals surface area contributed by atoms with E-state index in [9.17, 15) is 4.79 Å². The van der Waals surface area contributed by atoms with E-state index in [-0.39, 0.29) is 11.9 Å². The molecular weight excluding hydrogens is 164 g/mol. The molecule has 0 bridgehead atoms. The molecule has 1 aliphatic carbocycles. The molecule has 1 amide bonds. The molecule has 3 nitrogen and oxygen atoms in total. The maximum atomic E-state index is 11.5. The van der Waals surface area contributed by atoms with E-state index in [4.69, 9.17) is 0 Å². The van der Waals surface area contributed by atoms with Crippen LogP contribution in [0.4, 0.5) is 0 Å². The van der Waals surface area contributed by atoms with Gasteiger partial charge >= 0.3 is 0 Å². The molecule has 1 heterocycles. The molecule has 1 saturated heterocycles. The van der Waals surface area contributed by atoms with Crippen molar-refractivity contribution in [3.05, 3.63) is 0 Å². The van der Waals surface area contributed by atoms with Crippen LogP contribution in [0.2, 0.25) is 0 Å². The molecule has 3 heteroatoms. The predicted octanol–water partition coefficient (Wildman–Crippen LogP) is 0.607. The summed E-state index contributed by atoms with van der Waals surface area (Å²) in [5, 5.41) is 3.37. The van der Waals surface area contributed by atoms with Gasteiger partial charge in [0.2, 0.25) is 5.91 Å². The summed E-state index contributed by atoms with van der Waals surface area (Å²) in [6.45, 7) is 4.20. The number of nitrogens with one attached hydrogen (secondary N) is 1. The summed E-state index contributed by atoms with van der Waals surface area (Å²) in [6, 6.07) is 0.0995. The Kier molecular flexibility index (Phi) is 2.06. The lowest BCUT2D eigenvalue weighted by atomic mass is 10.1. The van der Waals surface area contributed by atoms with Crippen LogP contribution in [0.15, 0.2) is 0 Å². The fourth-order valence-electron chi connectivity index (χ4n) is 1.77. The summed E-state index contributed by atoms with van der Waals surface area (Å²) in [7, 11) is 1.88. The maximum absolute atomic E-state index is 11.5. The van der Waals surface area contributed by atoms with Crippen LogP contribution in [0.25, 0.3) is 0 Å². The van der Waals surface area contributed by atoms with Crippen LogP contribution in [0.3, 0.4) is 0 Å². The molecule has 74 valence electrons. The maximum Gasteiger partial charge on any atom is 0.239 e. The Morgan fingerprint density at radius 2 is 2.31 bits per heavy atom. The molecule has 13 heavy (non-hydrogen) atoms. The minimum atomic E-state index is 0.0995. The average Bonchev–Trinajstić information content (AvgIpc) is 2.75. The number of hydrogen-bond donors (Lipinski definition) is 1. The van der Waals surface area contributed by atoms with Gasteiger partial charge in [0.05, 0.1) is 6.04 Å². The van der Waals surface area contributed by atoms with Crippen molar-refractivity contribution in [3.8, 4) is 0 Å². The Morgan fingerprint density at radius 3 is 2.77 bits per heavy atom. The summed E-state index contributed by atoms with van der Waals surface area (Å²) in [5.41, 5.74) is 0.501. The smallest absolute Gasteiger partial charge is 0.239 e. The molecule has 1 N–H and O–H groups in total. The topological polar surface area (TPSA) is 32.3 Å². The van der Waals surface area contributed by atoms with Gasteiger partial charge in [-0.1, -0.05) is 6.92 Å². The first-order valence-corrected chi connectivity index (χ1v) is 5.09. The third kappa shape index (κ3) is 1.85. The van der Waals surface area contributed by atoms with E-state index in [1.165, 1.54) is 12.8 Å². The third-order valence-electron chi connectivity index (χ3n) is 3.31. The minimum absolute atomic E-state index is 0.0995. The van der Waals surface area contributed by atoms with Crippen molar-refractivity contribution in [2.24, 2.45) is 5.41 Å². The quantitative estimate of drug-likeness (QED) is 0.693. The van der Waals surface area contributed by atoms with Gasteiger partial charge in [0, 0.05) is 20.1 Å². The largest absolute Gasteiger partial charge is 0.344 e. The van der Waals surface area contributed by atoms with E-state index in [1.54, 1.807) is 0 Å². The second-order valence-corrected chi connectivity index (χ2v) is 4.79. The van der Waals surface area contributed by atoms with Crippen molar-refractivity contribution >= 4 is 5.91 Å². The van der Waals surface area contributed by atoms with E-state index < -0.39 is 0 Å². The van der Waals surface area contributed by atoms with Crippen molar-refractivity contribution in [3.63, 3.8) is 0 Å². The summed E-state index contributed by atoms with van der Waals surface area (Å²) < 4.78 is 0. The SMILES string of the molecule is CN1CCC(NCC2(C)CC2)C1=O. The summed E-state index contributed by atoms with van der Waals surface area (Å²) in [4.78, 5) is 13.3. The van der Waals surface area contributed by atoms with Crippen molar-refractivity contribution in [2.45, 2.75) is 32.2 Å². The molecule has 0 aromatic rings. The van der Waals surface area contributed by atoms with Crippen LogP contribution in [0.1, 0.15) is 26.2 Å². The molecule has 0 radical (unpaired) electrons. The Labute approximate surface area is 79.5 Å². The summed E-state index contributed by atoms with van der Waals surface area (Å²) in [5.74, 6) is 0.268. The van der Waals surface area contributed by atoms with Crippen molar-refractivity contribution in [2.75, 3.05) is 20.1 Å². The van der Waals surface area contributed by atoms with Crippen LogP contribution < -0.4 is 5.32 Å². The molecule has 0 spiro atoms. The van der Waals surface area contributed by atoms with Gasteiger partial charge in [-0.2, -0.15) is 0 Å². The van der Waals surface area contributed by atoms with Crippen LogP contribution in [-0.4, -0.2) is 37.0 Å². The number of likely N-dealkylation sites (N-methyl/N-ethyl adjacent to an activating group) is 1. The normalized spacial score (nSPS) is 31.1. The van der Waals surface area contributed by atoms with Gasteiger partial charge in [0.1, 0.15) is 0 Å². The second kappa shape index (κ2) is 2.98. The second-order valence-electron chi connectivity index (χ2n) is 4.79. The Bertz CT molecular complexity index is 223. The van der Waals surface area contributed by atoms with Crippen LogP contribution in [0, 0.1) is 5.41 Å². The van der Waals surface area contributed by atoms with Gasteiger partial charge < -0.3 is 10.2 Å². The van der Waals surface area contributed by atoms with Gasteiger partial charge in [0.25, 0.3) is 0 Å². The lowest BCUT2D eigenvalue weighted by molar-refractivity contribution is -0.128. The zero-order valence-corrected chi connectivity index (χ0v) is 8.47. The third-order valence-corrected chi connectivity index (χ3v) is 3.31. The molecule has 1 aliphatic heterocycles. The van der Waals surface area contributed by atoms with Crippen molar-refractivity contribution in [1.82, 2.24) is 10.2 Å². The number of nitrogens with zero attached hydrogens (tertiary/aromatic N) is 1. The number of hydrogen-bond acceptors (Lipinski definition) is 2. The van der Waals surface area contributed by atoms with Crippen LogP contribution >= 0.6 is 0 Å². The standard InChI is InChI=1S/C10H18N2O/c1-10(4-5-10)7-11-8-3-6-12(2)9(8)13/h8,11H,3-7H2,1-2H3. The molecule has 0 aromatic heterocycles. The molecule has 1 saturated carbocycles.